The molecule has 1 aliphatic rings. The zero-order valence-corrected chi connectivity index (χ0v) is 11.2. The van der Waals surface area contributed by atoms with Crippen LogP contribution >= 0.6 is 0 Å². The summed E-state index contributed by atoms with van der Waals surface area (Å²) in [6.07, 6.45) is 1.88. The van der Waals surface area contributed by atoms with E-state index < -0.39 is 15.7 Å². The van der Waals surface area contributed by atoms with E-state index in [9.17, 15) is 12.8 Å². The van der Waals surface area contributed by atoms with Gasteiger partial charge in [-0.2, -0.15) is 0 Å². The second kappa shape index (κ2) is 4.85. The fourth-order valence-corrected chi connectivity index (χ4v) is 2.98. The first kappa shape index (κ1) is 13.3. The fraction of sp³-hybridized carbons (Fsp3) is 0.500. The number of ether oxygens (including phenoxy) is 1. The molecule has 1 N–H and O–H groups in total. The summed E-state index contributed by atoms with van der Waals surface area (Å²) < 4.78 is 41.9. The summed E-state index contributed by atoms with van der Waals surface area (Å²) in [5, 5.41) is 3.19. The van der Waals surface area contributed by atoms with Gasteiger partial charge in [0.05, 0.1) is 7.11 Å². The van der Waals surface area contributed by atoms with Crippen LogP contribution in [-0.4, -0.2) is 34.9 Å². The van der Waals surface area contributed by atoms with E-state index in [2.05, 4.69) is 5.32 Å². The molecule has 0 aliphatic carbocycles. The molecule has 1 heterocycles. The van der Waals surface area contributed by atoms with Crippen molar-refractivity contribution in [2.75, 3.05) is 26.5 Å². The van der Waals surface area contributed by atoms with Gasteiger partial charge in [0.25, 0.3) is 0 Å². The molecule has 6 heteroatoms. The summed E-state index contributed by atoms with van der Waals surface area (Å²) in [4.78, 5) is -0.311. The van der Waals surface area contributed by atoms with Gasteiger partial charge in [0.1, 0.15) is 16.5 Å². The lowest BCUT2D eigenvalue weighted by Crippen LogP contribution is -2.10. The lowest BCUT2D eigenvalue weighted by atomic mass is 9.97. The van der Waals surface area contributed by atoms with Crippen LogP contribution in [0.5, 0.6) is 5.75 Å². The van der Waals surface area contributed by atoms with Crippen molar-refractivity contribution in [3.63, 3.8) is 0 Å². The SMILES string of the molecule is COc1cc(S(C)(=O)=O)c(F)cc1C1CCNC1. The molecule has 0 spiro atoms. The molecule has 4 nitrogen and oxygen atoms in total. The quantitative estimate of drug-likeness (QED) is 0.902. The Morgan fingerprint density at radius 1 is 1.44 bits per heavy atom. The van der Waals surface area contributed by atoms with Crippen LogP contribution in [0.15, 0.2) is 17.0 Å². The van der Waals surface area contributed by atoms with Crippen molar-refractivity contribution in [3.8, 4) is 5.75 Å². The second-order valence-corrected chi connectivity index (χ2v) is 6.47. The number of halogens is 1. The van der Waals surface area contributed by atoms with Gasteiger partial charge in [0, 0.05) is 30.3 Å². The highest BCUT2D eigenvalue weighted by Gasteiger charge is 2.24. The van der Waals surface area contributed by atoms with Crippen molar-refractivity contribution in [1.82, 2.24) is 5.32 Å². The maximum absolute atomic E-state index is 13.9. The minimum absolute atomic E-state index is 0.170. The van der Waals surface area contributed by atoms with Crippen molar-refractivity contribution in [3.05, 3.63) is 23.5 Å². The molecule has 0 radical (unpaired) electrons. The van der Waals surface area contributed by atoms with E-state index in [0.29, 0.717) is 5.75 Å². The van der Waals surface area contributed by atoms with E-state index in [0.717, 1.165) is 31.3 Å². The Morgan fingerprint density at radius 3 is 2.67 bits per heavy atom. The Kier molecular flexibility index (Phi) is 3.59. The third-order valence-electron chi connectivity index (χ3n) is 3.18. The summed E-state index contributed by atoms with van der Waals surface area (Å²) in [7, 11) is -2.11. The maximum atomic E-state index is 13.9. The fourth-order valence-electron chi connectivity index (χ4n) is 2.25. The predicted octanol–water partition coefficient (Wildman–Crippen LogP) is 1.31. The van der Waals surface area contributed by atoms with E-state index in [1.807, 2.05) is 0 Å². The molecule has 18 heavy (non-hydrogen) atoms. The first-order valence-corrected chi connectivity index (χ1v) is 7.61. The average molecular weight is 273 g/mol. The van der Waals surface area contributed by atoms with E-state index in [1.54, 1.807) is 0 Å². The number of nitrogens with one attached hydrogen (secondary N) is 1. The van der Waals surface area contributed by atoms with Gasteiger partial charge in [-0.05, 0) is 19.0 Å². The Balaban J connectivity index is 2.52. The highest BCUT2D eigenvalue weighted by atomic mass is 32.2. The summed E-state index contributed by atoms with van der Waals surface area (Å²) in [6.45, 7) is 1.64. The lowest BCUT2D eigenvalue weighted by Gasteiger charge is -2.15. The molecule has 1 unspecified atom stereocenters. The normalized spacial score (nSPS) is 20.1. The maximum Gasteiger partial charge on any atom is 0.178 e. The highest BCUT2D eigenvalue weighted by Crippen LogP contribution is 2.34. The molecule has 0 amide bonds. The topological polar surface area (TPSA) is 55.4 Å². The largest absolute Gasteiger partial charge is 0.496 e. The molecule has 1 atom stereocenters. The van der Waals surface area contributed by atoms with E-state index in [1.165, 1.54) is 19.2 Å². The zero-order chi connectivity index (χ0) is 13.3. The Labute approximate surface area is 106 Å². The van der Waals surface area contributed by atoms with Gasteiger partial charge < -0.3 is 10.1 Å². The summed E-state index contributed by atoms with van der Waals surface area (Å²) in [5.41, 5.74) is 0.729. The van der Waals surface area contributed by atoms with Crippen LogP contribution in [-0.2, 0) is 9.84 Å². The van der Waals surface area contributed by atoms with Crippen molar-refractivity contribution < 1.29 is 17.5 Å². The standard InChI is InChI=1S/C12H16FNO3S/c1-17-11-6-12(18(2,15)16)10(13)5-9(11)8-3-4-14-7-8/h5-6,8,14H,3-4,7H2,1-2H3. The smallest absolute Gasteiger partial charge is 0.178 e. The first-order chi connectivity index (χ1) is 8.43. The van der Waals surface area contributed by atoms with Crippen molar-refractivity contribution in [1.29, 1.82) is 0 Å². The highest BCUT2D eigenvalue weighted by molar-refractivity contribution is 7.90. The van der Waals surface area contributed by atoms with E-state index in [4.69, 9.17) is 4.74 Å². The molecular weight excluding hydrogens is 257 g/mol. The lowest BCUT2D eigenvalue weighted by molar-refractivity contribution is 0.402. The van der Waals surface area contributed by atoms with E-state index in [-0.39, 0.29) is 10.8 Å². The molecule has 0 saturated carbocycles. The van der Waals surface area contributed by atoms with Crippen molar-refractivity contribution >= 4 is 9.84 Å². The van der Waals surface area contributed by atoms with E-state index >= 15 is 0 Å². The van der Waals surface area contributed by atoms with Gasteiger partial charge in [-0.15, -0.1) is 0 Å². The molecular formula is C12H16FNO3S. The summed E-state index contributed by atoms with van der Waals surface area (Å²) in [6, 6.07) is 2.56. The van der Waals surface area contributed by atoms with Crippen LogP contribution in [0.1, 0.15) is 17.9 Å². The monoisotopic (exact) mass is 273 g/mol. The molecule has 1 saturated heterocycles. The van der Waals surface area contributed by atoms with Crippen LogP contribution < -0.4 is 10.1 Å². The molecule has 100 valence electrons. The minimum Gasteiger partial charge on any atom is -0.496 e. The molecule has 1 aromatic rings. The number of methoxy groups -OCH3 is 1. The van der Waals surface area contributed by atoms with Crippen LogP contribution in [0, 0.1) is 5.82 Å². The number of hydrogen-bond donors (Lipinski definition) is 1. The van der Waals surface area contributed by atoms with Gasteiger partial charge in [-0.3, -0.25) is 0 Å². The Hall–Kier alpha value is -1.14. The first-order valence-electron chi connectivity index (χ1n) is 5.71. The van der Waals surface area contributed by atoms with Crippen LogP contribution in [0.3, 0.4) is 0 Å². The van der Waals surface area contributed by atoms with Gasteiger partial charge in [-0.1, -0.05) is 0 Å². The van der Waals surface area contributed by atoms with Gasteiger partial charge >= 0.3 is 0 Å². The summed E-state index contributed by atoms with van der Waals surface area (Å²) >= 11 is 0. The number of sulfone groups is 1. The van der Waals surface area contributed by atoms with Gasteiger partial charge in [-0.25, -0.2) is 12.8 Å². The van der Waals surface area contributed by atoms with Gasteiger partial charge in [0.15, 0.2) is 9.84 Å². The van der Waals surface area contributed by atoms with Crippen molar-refractivity contribution in [2.45, 2.75) is 17.2 Å². The molecule has 1 fully saturated rings. The van der Waals surface area contributed by atoms with Gasteiger partial charge in [0.2, 0.25) is 0 Å². The number of rotatable bonds is 3. The Morgan fingerprint density at radius 2 is 2.17 bits per heavy atom. The minimum atomic E-state index is -3.58. The average Bonchev–Trinajstić information content (AvgIpc) is 2.80. The van der Waals surface area contributed by atoms with Crippen LogP contribution in [0.25, 0.3) is 0 Å². The molecule has 1 aromatic carbocycles. The third-order valence-corrected chi connectivity index (χ3v) is 4.30. The molecule has 1 aliphatic heterocycles. The Bertz CT molecular complexity index is 551. The second-order valence-electron chi connectivity index (χ2n) is 4.49. The third kappa shape index (κ3) is 2.49. The van der Waals surface area contributed by atoms with Crippen molar-refractivity contribution in [2.24, 2.45) is 0 Å². The molecule has 2 rings (SSSR count). The number of hydrogen-bond acceptors (Lipinski definition) is 4. The van der Waals surface area contributed by atoms with Crippen LogP contribution in [0.2, 0.25) is 0 Å². The van der Waals surface area contributed by atoms with Crippen LogP contribution in [0.4, 0.5) is 4.39 Å². The predicted molar refractivity (Wildman–Crippen MR) is 66.3 cm³/mol. The molecule has 0 bridgehead atoms. The molecule has 0 aromatic heterocycles. The summed E-state index contributed by atoms with van der Waals surface area (Å²) in [5.74, 6) is -0.103. The zero-order valence-electron chi connectivity index (χ0n) is 10.4. The number of benzene rings is 1.